The normalized spacial score (nSPS) is 19.2. The molecule has 0 unspecified atom stereocenters. The summed E-state index contributed by atoms with van der Waals surface area (Å²) < 4.78 is 16.9. The number of esters is 1. The lowest BCUT2D eigenvalue weighted by molar-refractivity contribution is 0.00578. The number of hydrogen-bond donors (Lipinski definition) is 2. The van der Waals surface area contributed by atoms with Crippen molar-refractivity contribution in [1.29, 1.82) is 0 Å². The maximum absolute atomic E-state index is 11.7. The second kappa shape index (κ2) is 6.57. The molecule has 2 aromatic rings. The maximum Gasteiger partial charge on any atom is 0.491 e. The van der Waals surface area contributed by atoms with Crippen LogP contribution in [0.15, 0.2) is 29.7 Å². The number of aromatic amines is 1. The molecule has 1 saturated heterocycles. The topological polar surface area (TPSA) is 86.6 Å². The number of fused-ring (bicyclic) bond motifs is 1. The minimum Gasteiger partial charge on any atom is -0.464 e. The first kappa shape index (κ1) is 18.7. The monoisotopic (exact) mass is 356 g/mol. The number of rotatable bonds is 4. The number of aromatic nitrogens is 1. The minimum atomic E-state index is -0.477. The molecular formula is C19H25BN2O4. The standard InChI is InChI=1S/C19H25BN2O4/c1-18(2)19(3,4)26-20(25-18)14(11-21)8-12-6-7-13-10-16(17(23)24-5)22-15(13)9-12/h6-10,22H,11,21H2,1-5H3. The van der Waals surface area contributed by atoms with Crippen LogP contribution in [0.1, 0.15) is 43.7 Å². The predicted octanol–water partition coefficient (Wildman–Crippen LogP) is 2.93. The largest absolute Gasteiger partial charge is 0.491 e. The molecule has 3 rings (SSSR count). The molecule has 0 saturated carbocycles. The fourth-order valence-electron chi connectivity index (χ4n) is 2.89. The molecule has 1 aliphatic rings. The molecular weight excluding hydrogens is 331 g/mol. The highest BCUT2D eigenvalue weighted by atomic mass is 16.7. The molecule has 138 valence electrons. The third-order valence-electron chi connectivity index (χ3n) is 5.20. The average Bonchev–Trinajstić information content (AvgIpc) is 3.09. The van der Waals surface area contributed by atoms with Crippen molar-refractivity contribution in [3.05, 3.63) is 41.0 Å². The van der Waals surface area contributed by atoms with Crippen molar-refractivity contribution in [2.24, 2.45) is 5.73 Å². The Kier molecular flexibility index (Phi) is 4.73. The molecule has 0 atom stereocenters. The molecule has 0 radical (unpaired) electrons. The number of benzene rings is 1. The summed E-state index contributed by atoms with van der Waals surface area (Å²) in [6, 6.07) is 7.65. The van der Waals surface area contributed by atoms with E-state index in [1.54, 1.807) is 6.07 Å². The van der Waals surface area contributed by atoms with Gasteiger partial charge in [0.25, 0.3) is 0 Å². The minimum absolute atomic E-state index is 0.326. The molecule has 6 nitrogen and oxygen atoms in total. The fourth-order valence-corrected chi connectivity index (χ4v) is 2.89. The van der Waals surface area contributed by atoms with Crippen LogP contribution in [-0.2, 0) is 14.0 Å². The van der Waals surface area contributed by atoms with E-state index >= 15 is 0 Å². The van der Waals surface area contributed by atoms with Crippen molar-refractivity contribution in [2.45, 2.75) is 38.9 Å². The number of carbonyl (C=O) groups is 1. The van der Waals surface area contributed by atoms with Crippen LogP contribution in [0.2, 0.25) is 0 Å². The van der Waals surface area contributed by atoms with Gasteiger partial charge in [-0.1, -0.05) is 18.2 Å². The van der Waals surface area contributed by atoms with Crippen LogP contribution in [0.4, 0.5) is 0 Å². The van der Waals surface area contributed by atoms with Gasteiger partial charge in [-0.05, 0) is 50.9 Å². The van der Waals surface area contributed by atoms with Crippen molar-refractivity contribution >= 4 is 30.1 Å². The van der Waals surface area contributed by atoms with Crippen LogP contribution in [-0.4, -0.2) is 42.9 Å². The van der Waals surface area contributed by atoms with Crippen LogP contribution in [0, 0.1) is 0 Å². The molecule has 26 heavy (non-hydrogen) atoms. The Hall–Kier alpha value is -2.09. The highest BCUT2D eigenvalue weighted by Crippen LogP contribution is 2.38. The highest BCUT2D eigenvalue weighted by Gasteiger charge is 2.52. The Morgan fingerprint density at radius 3 is 2.46 bits per heavy atom. The summed E-state index contributed by atoms with van der Waals surface area (Å²) >= 11 is 0. The first-order chi connectivity index (χ1) is 12.2. The Morgan fingerprint density at radius 1 is 1.23 bits per heavy atom. The smallest absolute Gasteiger partial charge is 0.464 e. The fraction of sp³-hybridized carbons (Fsp3) is 0.421. The molecule has 2 heterocycles. The lowest BCUT2D eigenvalue weighted by atomic mass is 9.77. The predicted molar refractivity (Wildman–Crippen MR) is 103 cm³/mol. The zero-order chi connectivity index (χ0) is 19.1. The molecule has 0 spiro atoms. The van der Waals surface area contributed by atoms with Gasteiger partial charge in [-0.3, -0.25) is 0 Å². The van der Waals surface area contributed by atoms with Gasteiger partial charge in [0.05, 0.1) is 18.3 Å². The number of hydrogen-bond acceptors (Lipinski definition) is 5. The highest BCUT2D eigenvalue weighted by molar-refractivity contribution is 6.55. The molecule has 1 aromatic heterocycles. The van der Waals surface area contributed by atoms with E-state index in [1.807, 2.05) is 52.0 Å². The van der Waals surface area contributed by atoms with Crippen molar-refractivity contribution in [3.8, 4) is 0 Å². The van der Waals surface area contributed by atoms with E-state index in [9.17, 15) is 4.79 Å². The maximum atomic E-state index is 11.7. The van der Waals surface area contributed by atoms with E-state index in [0.29, 0.717) is 12.2 Å². The lowest BCUT2D eigenvalue weighted by Crippen LogP contribution is -2.41. The van der Waals surface area contributed by atoms with Gasteiger partial charge in [0.2, 0.25) is 0 Å². The number of ether oxygens (including phenoxy) is 1. The molecule has 1 fully saturated rings. The van der Waals surface area contributed by atoms with Gasteiger partial charge in [-0.15, -0.1) is 0 Å². The summed E-state index contributed by atoms with van der Waals surface area (Å²) in [4.78, 5) is 14.7. The van der Waals surface area contributed by atoms with Gasteiger partial charge >= 0.3 is 13.1 Å². The second-order valence-corrected chi connectivity index (χ2v) is 7.53. The summed E-state index contributed by atoms with van der Waals surface area (Å²) in [5.74, 6) is -0.391. The number of carbonyl (C=O) groups excluding carboxylic acids is 1. The third-order valence-corrected chi connectivity index (χ3v) is 5.20. The molecule has 7 heteroatoms. The third kappa shape index (κ3) is 3.30. The average molecular weight is 356 g/mol. The number of methoxy groups -OCH3 is 1. The van der Waals surface area contributed by atoms with E-state index in [2.05, 4.69) is 4.98 Å². The summed E-state index contributed by atoms with van der Waals surface area (Å²) in [5, 5.41) is 0.937. The van der Waals surface area contributed by atoms with Gasteiger partial charge in [-0.25, -0.2) is 4.79 Å². The Bertz CT molecular complexity index is 854. The van der Waals surface area contributed by atoms with Crippen LogP contribution in [0.5, 0.6) is 0 Å². The van der Waals surface area contributed by atoms with Crippen molar-refractivity contribution in [3.63, 3.8) is 0 Å². The van der Waals surface area contributed by atoms with Gasteiger partial charge in [-0.2, -0.15) is 0 Å². The summed E-state index contributed by atoms with van der Waals surface area (Å²) in [6.45, 7) is 8.38. The molecule has 0 aliphatic carbocycles. The number of H-pyrrole nitrogens is 1. The van der Waals surface area contributed by atoms with Gasteiger partial charge in [0.1, 0.15) is 5.69 Å². The molecule has 0 amide bonds. The van der Waals surface area contributed by atoms with Crippen LogP contribution >= 0.6 is 0 Å². The molecule has 1 aliphatic heterocycles. The number of nitrogens with two attached hydrogens (primary N) is 1. The molecule has 0 bridgehead atoms. The summed E-state index contributed by atoms with van der Waals surface area (Å²) in [7, 11) is 0.884. The van der Waals surface area contributed by atoms with Crippen molar-refractivity contribution in [2.75, 3.05) is 13.7 Å². The van der Waals surface area contributed by atoms with E-state index in [-0.39, 0.29) is 0 Å². The molecule has 1 aromatic carbocycles. The van der Waals surface area contributed by atoms with E-state index in [1.165, 1.54) is 7.11 Å². The van der Waals surface area contributed by atoms with Gasteiger partial charge in [0.15, 0.2) is 0 Å². The van der Waals surface area contributed by atoms with E-state index < -0.39 is 24.3 Å². The Morgan fingerprint density at radius 2 is 1.88 bits per heavy atom. The molecule has 3 N–H and O–H groups in total. The van der Waals surface area contributed by atoms with Crippen LogP contribution in [0.3, 0.4) is 0 Å². The van der Waals surface area contributed by atoms with E-state index in [0.717, 1.165) is 21.9 Å². The van der Waals surface area contributed by atoms with Gasteiger partial charge in [0, 0.05) is 17.4 Å². The van der Waals surface area contributed by atoms with Crippen molar-refractivity contribution in [1.82, 2.24) is 4.98 Å². The van der Waals surface area contributed by atoms with Crippen LogP contribution < -0.4 is 5.73 Å². The first-order valence-corrected chi connectivity index (χ1v) is 8.64. The first-order valence-electron chi connectivity index (χ1n) is 8.64. The van der Waals surface area contributed by atoms with Gasteiger partial charge < -0.3 is 24.8 Å². The summed E-state index contributed by atoms with van der Waals surface area (Å²) in [5.41, 5.74) is 8.22. The number of nitrogens with one attached hydrogen (secondary N) is 1. The Labute approximate surface area is 153 Å². The van der Waals surface area contributed by atoms with Crippen molar-refractivity contribution < 1.29 is 18.8 Å². The SMILES string of the molecule is COC(=O)c1cc2ccc(C=C(CN)B3OC(C)(C)C(C)(C)O3)cc2[nH]1. The van der Waals surface area contributed by atoms with E-state index in [4.69, 9.17) is 19.8 Å². The van der Waals surface area contributed by atoms with Crippen LogP contribution in [0.25, 0.3) is 17.0 Å². The summed E-state index contributed by atoms with van der Waals surface area (Å²) in [6.07, 6.45) is 1.97. The quantitative estimate of drug-likeness (QED) is 0.650. The Balaban J connectivity index is 1.91. The zero-order valence-electron chi connectivity index (χ0n) is 15.9. The lowest BCUT2D eigenvalue weighted by Gasteiger charge is -2.32. The second-order valence-electron chi connectivity index (χ2n) is 7.53. The zero-order valence-corrected chi connectivity index (χ0v) is 15.9.